The number of amides is 2. The van der Waals surface area contributed by atoms with Crippen molar-refractivity contribution in [2.24, 2.45) is 0 Å². The molecule has 0 atom stereocenters. The van der Waals surface area contributed by atoms with Crippen LogP contribution in [0.2, 0.25) is 0 Å². The van der Waals surface area contributed by atoms with Crippen molar-refractivity contribution in [1.29, 1.82) is 0 Å². The Morgan fingerprint density at radius 2 is 2.00 bits per heavy atom. The second-order valence-electron chi connectivity index (χ2n) is 4.26. The summed E-state index contributed by atoms with van der Waals surface area (Å²) in [5.41, 5.74) is -0.458. The van der Waals surface area contributed by atoms with Gasteiger partial charge in [-0.15, -0.1) is 0 Å². The molecule has 0 aromatic heterocycles. The van der Waals surface area contributed by atoms with Crippen LogP contribution in [-0.2, 0) is 10.2 Å². The second-order valence-corrected chi connectivity index (χ2v) is 4.26. The summed E-state index contributed by atoms with van der Waals surface area (Å²) in [6, 6.07) is 2.81. The van der Waals surface area contributed by atoms with Crippen LogP contribution < -0.4 is 10.8 Å². The van der Waals surface area contributed by atoms with Crippen molar-refractivity contribution in [3.8, 4) is 0 Å². The molecule has 1 spiro atoms. The van der Waals surface area contributed by atoms with Crippen LogP contribution in [0.4, 0.5) is 4.39 Å². The molecule has 2 radical (unpaired) electrons. The van der Waals surface area contributed by atoms with Gasteiger partial charge in [0.1, 0.15) is 13.7 Å². The third kappa shape index (κ3) is 0.978. The topological polar surface area (TPSA) is 46.2 Å². The Hall–Kier alpha value is -1.65. The average molecular weight is 215 g/mol. The molecule has 3 rings (SSSR count). The minimum absolute atomic E-state index is 0.0208. The first-order valence-corrected chi connectivity index (χ1v) is 5.00. The normalized spacial score (nSPS) is 20.6. The Bertz CT molecular complexity index is 537. The molecule has 0 unspecified atom stereocenters. The average Bonchev–Trinajstić information content (AvgIpc) is 3.01. The van der Waals surface area contributed by atoms with Gasteiger partial charge in [-0.05, 0) is 18.9 Å². The lowest BCUT2D eigenvalue weighted by Crippen LogP contribution is -2.46. The molecule has 1 saturated carbocycles. The molecule has 1 N–H and O–H groups in total. The fraction of sp³-hybridized carbons (Fsp3) is 0.273. The van der Waals surface area contributed by atoms with E-state index in [9.17, 15) is 14.0 Å². The van der Waals surface area contributed by atoms with E-state index >= 15 is 0 Å². The molecule has 0 saturated heterocycles. The number of benzene rings is 1. The van der Waals surface area contributed by atoms with E-state index in [0.29, 0.717) is 12.8 Å². The number of hydrogen-bond acceptors (Lipinski definition) is 2. The van der Waals surface area contributed by atoms with Crippen molar-refractivity contribution in [2.75, 3.05) is 0 Å². The van der Waals surface area contributed by atoms with Gasteiger partial charge in [0.05, 0.1) is 5.41 Å². The Morgan fingerprint density at radius 3 is 2.62 bits per heavy atom. The Morgan fingerprint density at radius 1 is 1.31 bits per heavy atom. The predicted octanol–water partition coefficient (Wildman–Crippen LogP) is -0.0789. The Kier molecular flexibility index (Phi) is 1.63. The lowest BCUT2D eigenvalue weighted by Gasteiger charge is -2.25. The molecular weight excluding hydrogens is 208 g/mol. The Labute approximate surface area is 92.4 Å². The summed E-state index contributed by atoms with van der Waals surface area (Å²) in [5.74, 6) is -1.58. The number of carbonyl (C=O) groups is 2. The van der Waals surface area contributed by atoms with Crippen molar-refractivity contribution in [2.45, 2.75) is 18.3 Å². The maximum atomic E-state index is 13.9. The van der Waals surface area contributed by atoms with Crippen LogP contribution >= 0.6 is 0 Å². The summed E-state index contributed by atoms with van der Waals surface area (Å²) >= 11 is 0. The molecule has 5 heteroatoms. The van der Waals surface area contributed by atoms with E-state index in [1.807, 2.05) is 0 Å². The first-order valence-electron chi connectivity index (χ1n) is 5.00. The van der Waals surface area contributed by atoms with E-state index < -0.39 is 23.0 Å². The first-order chi connectivity index (χ1) is 7.56. The minimum atomic E-state index is -0.845. The third-order valence-corrected chi connectivity index (χ3v) is 3.31. The summed E-state index contributed by atoms with van der Waals surface area (Å²) in [7, 11) is 5.47. The van der Waals surface area contributed by atoms with E-state index in [1.54, 1.807) is 0 Å². The molecular formula is C11H7BFNO2. The molecule has 1 aromatic carbocycles. The van der Waals surface area contributed by atoms with Crippen LogP contribution in [0.5, 0.6) is 0 Å². The summed E-state index contributed by atoms with van der Waals surface area (Å²) < 4.78 is 13.9. The highest BCUT2D eigenvalue weighted by molar-refractivity contribution is 6.33. The van der Waals surface area contributed by atoms with Gasteiger partial charge in [-0.1, -0.05) is 11.5 Å². The first kappa shape index (κ1) is 9.57. The van der Waals surface area contributed by atoms with Gasteiger partial charge in [-0.25, -0.2) is 4.39 Å². The smallest absolute Gasteiger partial charge is 0.258 e. The predicted molar refractivity (Wildman–Crippen MR) is 55.2 cm³/mol. The van der Waals surface area contributed by atoms with Gasteiger partial charge < -0.3 is 0 Å². The van der Waals surface area contributed by atoms with E-state index in [-0.39, 0.29) is 16.6 Å². The monoisotopic (exact) mass is 215 g/mol. The maximum Gasteiger partial charge on any atom is 0.258 e. The molecule has 3 nitrogen and oxygen atoms in total. The number of nitrogens with one attached hydrogen (secondary N) is 1. The van der Waals surface area contributed by atoms with Gasteiger partial charge in [0.2, 0.25) is 5.91 Å². The molecule has 1 aliphatic carbocycles. The van der Waals surface area contributed by atoms with Gasteiger partial charge >= 0.3 is 0 Å². The van der Waals surface area contributed by atoms with Crippen LogP contribution in [0.3, 0.4) is 0 Å². The third-order valence-electron chi connectivity index (χ3n) is 3.31. The summed E-state index contributed by atoms with van der Waals surface area (Å²) in [4.78, 5) is 23.2. The maximum absolute atomic E-state index is 13.9. The van der Waals surface area contributed by atoms with E-state index in [0.717, 1.165) is 0 Å². The lowest BCUT2D eigenvalue weighted by molar-refractivity contribution is -0.123. The molecule has 1 heterocycles. The minimum Gasteiger partial charge on any atom is -0.292 e. The second kappa shape index (κ2) is 2.72. The van der Waals surface area contributed by atoms with Crippen molar-refractivity contribution in [3.05, 3.63) is 29.1 Å². The van der Waals surface area contributed by atoms with Gasteiger partial charge in [0.25, 0.3) is 5.91 Å². The molecule has 1 aliphatic heterocycles. The van der Waals surface area contributed by atoms with E-state index in [2.05, 4.69) is 5.32 Å². The van der Waals surface area contributed by atoms with Crippen molar-refractivity contribution in [3.63, 3.8) is 0 Å². The number of carbonyl (C=O) groups excluding carboxylic acids is 2. The number of fused-ring (bicyclic) bond motifs is 2. The molecule has 2 aliphatic rings. The SMILES string of the molecule is [B]c1ccc2c(c1F)C1(CC1)C(=O)NC2=O. The highest BCUT2D eigenvalue weighted by atomic mass is 19.1. The number of halogens is 1. The van der Waals surface area contributed by atoms with Crippen LogP contribution in [-0.4, -0.2) is 19.7 Å². The summed E-state index contributed by atoms with van der Waals surface area (Å²) in [5, 5.41) is 2.25. The van der Waals surface area contributed by atoms with Crippen molar-refractivity contribution in [1.82, 2.24) is 5.32 Å². The molecule has 1 fully saturated rings. The zero-order valence-electron chi connectivity index (χ0n) is 8.34. The number of hydrogen-bond donors (Lipinski definition) is 1. The van der Waals surface area contributed by atoms with Crippen LogP contribution in [0, 0.1) is 5.82 Å². The van der Waals surface area contributed by atoms with Gasteiger partial charge in [0.15, 0.2) is 0 Å². The fourth-order valence-electron chi connectivity index (χ4n) is 2.25. The molecule has 2 amide bonds. The van der Waals surface area contributed by atoms with Crippen molar-refractivity contribution < 1.29 is 14.0 Å². The summed E-state index contributed by atoms with van der Waals surface area (Å²) in [6.45, 7) is 0. The van der Waals surface area contributed by atoms with Crippen LogP contribution in [0.1, 0.15) is 28.8 Å². The zero-order valence-corrected chi connectivity index (χ0v) is 8.34. The molecule has 78 valence electrons. The van der Waals surface area contributed by atoms with Crippen LogP contribution in [0.25, 0.3) is 0 Å². The standard InChI is InChI=1S/C11H7BFNO2/c12-6-2-1-5-7(8(6)13)11(3-4-11)10(16)14-9(5)15/h1-2H,3-4H2,(H,14,15,16). The van der Waals surface area contributed by atoms with Gasteiger partial charge in [0, 0.05) is 11.1 Å². The number of rotatable bonds is 0. The highest BCUT2D eigenvalue weighted by Gasteiger charge is 2.57. The lowest BCUT2D eigenvalue weighted by atomic mass is 9.81. The quantitative estimate of drug-likeness (QED) is 0.486. The van der Waals surface area contributed by atoms with Crippen LogP contribution in [0.15, 0.2) is 12.1 Å². The highest BCUT2D eigenvalue weighted by Crippen LogP contribution is 2.51. The van der Waals surface area contributed by atoms with E-state index in [4.69, 9.17) is 7.85 Å². The van der Waals surface area contributed by atoms with E-state index in [1.165, 1.54) is 12.1 Å². The zero-order chi connectivity index (χ0) is 11.5. The molecule has 1 aromatic rings. The largest absolute Gasteiger partial charge is 0.292 e. The molecule has 0 bridgehead atoms. The Balaban J connectivity index is 2.34. The molecule has 16 heavy (non-hydrogen) atoms. The summed E-state index contributed by atoms with van der Waals surface area (Å²) in [6.07, 6.45) is 1.14. The fourth-order valence-corrected chi connectivity index (χ4v) is 2.25. The van der Waals surface area contributed by atoms with Crippen molar-refractivity contribution >= 4 is 25.1 Å². The van der Waals surface area contributed by atoms with Gasteiger partial charge in [-0.3, -0.25) is 14.9 Å². The number of imide groups is 1. The van der Waals surface area contributed by atoms with Gasteiger partial charge in [-0.2, -0.15) is 0 Å².